The van der Waals surface area contributed by atoms with Crippen molar-refractivity contribution >= 4 is 68.9 Å². The van der Waals surface area contributed by atoms with Gasteiger partial charge in [-0.25, -0.2) is 26.4 Å². The number of aromatic nitrogens is 5. The number of ether oxygens (including phenoxy) is 1. The molecule has 8 N–H and O–H groups in total. The van der Waals surface area contributed by atoms with Gasteiger partial charge in [0.2, 0.25) is 23.6 Å². The molecule has 5 aliphatic heterocycles. The predicted octanol–water partition coefficient (Wildman–Crippen LogP) is 13.9. The molecule has 0 aliphatic carbocycles. The molecule has 5 aliphatic rings. The summed E-state index contributed by atoms with van der Waals surface area (Å²) in [5, 5.41) is 26.0. The van der Waals surface area contributed by atoms with Gasteiger partial charge in [-0.15, -0.1) is 5.10 Å². The van der Waals surface area contributed by atoms with Crippen LogP contribution in [0.1, 0.15) is 200 Å². The van der Waals surface area contributed by atoms with E-state index in [1.165, 1.54) is 6.33 Å². The highest BCUT2D eigenvalue weighted by Crippen LogP contribution is 2.31. The number of aliphatic carboxylic acids is 1. The fraction of sp³-hybridized carbons (Fsp3) is 0.636. The SMILES string of the molecule is C.C.C.C=C1N=C(C(C)(C)C)NO1.C=C1N=C(C(C)(C)C)ON1.C=C1N=C(C(C)(C)C)SN1.C=C1NN=C(C(C)(C)C)O1.C=C1NN=C(C(C)(C)C)S1.CC(C)(C)C(=O)O.CC(C)(C)c1ncn[nH]1.CC(C)(C)c1nsc(=O)[nH]1. The molecule has 0 bridgehead atoms. The molecule has 7 rings (SSSR count). The van der Waals surface area contributed by atoms with Crippen LogP contribution in [0.4, 0.5) is 0 Å². The number of hydrogen-bond acceptors (Lipinski definition) is 21. The third-order valence-corrected chi connectivity index (χ3v) is 11.7. The van der Waals surface area contributed by atoms with E-state index in [9.17, 15) is 9.59 Å². The largest absolute Gasteiger partial charge is 0.481 e. The molecule has 452 valence electrons. The topological polar surface area (TPSA) is 274 Å². The zero-order chi connectivity index (χ0) is 59.6. The monoisotopic (exact) mass is 1170 g/mol. The molecule has 0 amide bonds. The van der Waals surface area contributed by atoms with Crippen molar-refractivity contribution < 1.29 is 24.3 Å². The molecule has 0 atom stereocenters. The Hall–Kier alpha value is -5.88. The number of carboxylic acid groups (broad SMARTS) is 1. The second-order valence-corrected chi connectivity index (χ2v) is 28.0. The van der Waals surface area contributed by atoms with Gasteiger partial charge in [0, 0.05) is 61.4 Å². The van der Waals surface area contributed by atoms with Crippen LogP contribution in [0.3, 0.4) is 0 Å². The minimum atomic E-state index is -0.757. The van der Waals surface area contributed by atoms with Crippen LogP contribution in [0.25, 0.3) is 0 Å². The first-order chi connectivity index (χ1) is 34.0. The first-order valence-electron chi connectivity index (χ1n) is 24.3. The van der Waals surface area contributed by atoms with Crippen LogP contribution in [-0.4, -0.2) is 63.3 Å². The molecular formula is C55H103N15O6S3. The van der Waals surface area contributed by atoms with E-state index in [4.69, 9.17) is 19.5 Å². The molecule has 24 heteroatoms. The van der Waals surface area contributed by atoms with E-state index < -0.39 is 11.4 Å². The van der Waals surface area contributed by atoms with Crippen molar-refractivity contribution in [3.63, 3.8) is 0 Å². The highest BCUT2D eigenvalue weighted by Gasteiger charge is 2.28. The number of nitrogens with one attached hydrogen (secondary N) is 7. The third-order valence-electron chi connectivity index (χ3n) is 8.70. The number of aromatic amines is 2. The number of rotatable bonds is 0. The molecule has 21 nitrogen and oxygen atoms in total. The fourth-order valence-electron chi connectivity index (χ4n) is 4.10. The van der Waals surface area contributed by atoms with Crippen LogP contribution >= 0.6 is 35.2 Å². The molecule has 0 aromatic carbocycles. The van der Waals surface area contributed by atoms with Gasteiger partial charge in [0.15, 0.2) is 5.82 Å². The maximum absolute atomic E-state index is 10.6. The first kappa shape index (κ1) is 79.6. The molecule has 79 heavy (non-hydrogen) atoms. The summed E-state index contributed by atoms with van der Waals surface area (Å²) in [6, 6.07) is 0. The highest BCUT2D eigenvalue weighted by molar-refractivity contribution is 8.17. The van der Waals surface area contributed by atoms with E-state index >= 15 is 0 Å². The highest BCUT2D eigenvalue weighted by atomic mass is 32.2. The summed E-state index contributed by atoms with van der Waals surface area (Å²) >= 11 is 4.14. The summed E-state index contributed by atoms with van der Waals surface area (Å²) < 4.78 is 12.1. The van der Waals surface area contributed by atoms with Crippen LogP contribution in [0.5, 0.6) is 0 Å². The zero-order valence-electron chi connectivity index (χ0n) is 49.9. The number of hydroxylamine groups is 2. The smallest absolute Gasteiger partial charge is 0.323 e. The van der Waals surface area contributed by atoms with Crippen molar-refractivity contribution in [2.75, 3.05) is 0 Å². The van der Waals surface area contributed by atoms with Gasteiger partial charge in [-0.1, -0.05) is 199 Å². The molecule has 0 saturated heterocycles. The summed E-state index contributed by atoms with van der Waals surface area (Å²) in [6.07, 6.45) is 1.53. The van der Waals surface area contributed by atoms with Crippen LogP contribution in [0, 0.1) is 32.5 Å². The van der Waals surface area contributed by atoms with Gasteiger partial charge >= 0.3 is 10.8 Å². The van der Waals surface area contributed by atoms with E-state index in [1.54, 1.807) is 44.5 Å². The minimum Gasteiger partial charge on any atom is -0.481 e. The number of hydrazone groups is 2. The van der Waals surface area contributed by atoms with Crippen LogP contribution in [0.2, 0.25) is 0 Å². The van der Waals surface area contributed by atoms with E-state index in [-0.39, 0.29) is 65.1 Å². The Morgan fingerprint density at radius 3 is 1.27 bits per heavy atom. The van der Waals surface area contributed by atoms with Crippen molar-refractivity contribution in [2.24, 2.45) is 57.7 Å². The molecule has 2 aromatic rings. The van der Waals surface area contributed by atoms with Gasteiger partial charge in [0.05, 0.1) is 10.4 Å². The average Bonchev–Trinajstić information content (AvgIpc) is 4.07. The van der Waals surface area contributed by atoms with Crippen LogP contribution in [0.15, 0.2) is 97.6 Å². The summed E-state index contributed by atoms with van der Waals surface area (Å²) in [7, 11) is 0. The van der Waals surface area contributed by atoms with Crippen LogP contribution in [-0.2, 0) is 30.0 Å². The molecule has 0 spiro atoms. The van der Waals surface area contributed by atoms with E-state index in [0.717, 1.165) is 50.0 Å². The normalized spacial score (nSPS) is 15.4. The number of carboxylic acids is 1. The third kappa shape index (κ3) is 33.3. The van der Waals surface area contributed by atoms with Gasteiger partial charge in [0.1, 0.15) is 39.7 Å². The number of amidine groups is 1. The number of carbonyl (C=O) groups is 1. The summed E-state index contributed by atoms with van der Waals surface area (Å²) in [6.45, 7) is 66.7. The standard InChI is InChI=1S/3C7H12N2O.2C7H12N2S.C6H11N3.C6H10N2OS.C5H10O2.3CH4/c1-5-8-9-6(10-5)7(2,3)4;1-5-8-6(9-10-5)7(2,3)4;1-5-8-6(10-9-5)7(2,3)4;1-5-8-9-6(10-5)7(2,3)4;1-5-8-6(10-9-5)7(2,3)4;1-6(2,3)5-7-4-8-9-5;1-6(2,3)4-7-5(9)10-8-4;1-5(2,3)4(6)7;;;/h8H,1H2,2-4H3;1H2,2-4H3,(H,8,9);9H,1H2,2-4H3;8H,1H2,2-4H3;9H,1H2,2-4H3;4H,1-3H3,(H,7,8,9);1-3H3,(H,7,8,9);1-3H3,(H,6,7);3*1H4. The second kappa shape index (κ2) is 32.4. The summed E-state index contributed by atoms with van der Waals surface area (Å²) in [5.74, 6) is 5.43. The van der Waals surface area contributed by atoms with E-state index in [1.807, 2.05) is 62.3 Å². The lowest BCUT2D eigenvalue weighted by molar-refractivity contribution is -0.145. The first-order valence-corrected chi connectivity index (χ1v) is 26.7. The quantitative estimate of drug-likeness (QED) is 0.114. The Bertz CT molecular complexity index is 2350. The summed E-state index contributed by atoms with van der Waals surface area (Å²) in [5.41, 5.74) is 10.5. The second-order valence-electron chi connectivity index (χ2n) is 25.4. The predicted molar refractivity (Wildman–Crippen MR) is 338 cm³/mol. The molecule has 0 unspecified atom stereocenters. The Labute approximate surface area is 487 Å². The number of hydrogen-bond donors (Lipinski definition) is 8. The van der Waals surface area contributed by atoms with Crippen molar-refractivity contribution in [3.05, 3.63) is 89.0 Å². The van der Waals surface area contributed by atoms with Gasteiger partial charge in [-0.2, -0.15) is 24.6 Å². The lowest BCUT2D eigenvalue weighted by Gasteiger charge is -2.16. The Morgan fingerprint density at radius 1 is 0.582 bits per heavy atom. The summed E-state index contributed by atoms with van der Waals surface area (Å²) in [4.78, 5) is 49.5. The van der Waals surface area contributed by atoms with Crippen molar-refractivity contribution in [3.8, 4) is 0 Å². The minimum absolute atomic E-state index is 0. The van der Waals surface area contributed by atoms with Gasteiger partial charge in [-0.3, -0.25) is 25.1 Å². The number of thioether (sulfide) groups is 1. The Morgan fingerprint density at radius 2 is 1.09 bits per heavy atom. The van der Waals surface area contributed by atoms with Crippen molar-refractivity contribution in [2.45, 2.75) is 199 Å². The molecule has 2 aromatic heterocycles. The maximum Gasteiger partial charge on any atom is 0.323 e. The molecule has 0 fully saturated rings. The van der Waals surface area contributed by atoms with Gasteiger partial charge < -0.3 is 24.2 Å². The number of nitrogens with zero attached hydrogens (tertiary/aromatic N) is 8. The molecule has 0 radical (unpaired) electrons. The Balaban J connectivity index is -0.000000406. The fourth-order valence-corrected chi connectivity index (χ4v) is 6.18. The Kier molecular flexibility index (Phi) is 32.6. The number of aliphatic imine (C=N–C) groups is 3. The van der Waals surface area contributed by atoms with E-state index in [0.29, 0.717) is 29.4 Å². The lowest BCUT2D eigenvalue weighted by atomic mass is 9.95. The van der Waals surface area contributed by atoms with Gasteiger partial charge in [0.25, 0.3) is 0 Å². The van der Waals surface area contributed by atoms with Gasteiger partial charge in [-0.05, 0) is 33.9 Å². The molecular weight excluding hydrogens is 1060 g/mol. The maximum atomic E-state index is 10.6. The lowest BCUT2D eigenvalue weighted by Crippen LogP contribution is -2.30. The molecule has 7 heterocycles. The van der Waals surface area contributed by atoms with Crippen LogP contribution < -0.4 is 31.4 Å². The van der Waals surface area contributed by atoms with E-state index in [2.05, 4.69) is 192 Å². The van der Waals surface area contributed by atoms with Crippen molar-refractivity contribution in [1.82, 2.24) is 51.1 Å². The average molecular weight is 1170 g/mol. The molecule has 0 saturated carbocycles. The zero-order valence-corrected chi connectivity index (χ0v) is 52.4. The number of H-pyrrole nitrogens is 2. The van der Waals surface area contributed by atoms with Crippen molar-refractivity contribution in [1.29, 1.82) is 0 Å².